The average Bonchev–Trinajstić information content (AvgIpc) is 1.98. The highest BCUT2D eigenvalue weighted by atomic mass is 16.4. The van der Waals surface area contributed by atoms with Gasteiger partial charge in [0.25, 0.3) is 0 Å². The van der Waals surface area contributed by atoms with Gasteiger partial charge in [-0.25, -0.2) is 10.2 Å². The van der Waals surface area contributed by atoms with Gasteiger partial charge in [-0.2, -0.15) is 0 Å². The van der Waals surface area contributed by atoms with Crippen molar-refractivity contribution in [3.8, 4) is 0 Å². The summed E-state index contributed by atoms with van der Waals surface area (Å²) in [5, 5.41) is 10.1. The first-order valence-electron chi connectivity index (χ1n) is 3.65. The highest BCUT2D eigenvalue weighted by Gasteiger charge is 2.06. The summed E-state index contributed by atoms with van der Waals surface area (Å²) in [6.45, 7) is 3.84. The molecule has 0 atom stereocenters. The Morgan fingerprint density at radius 1 is 1.67 bits per heavy atom. The van der Waals surface area contributed by atoms with E-state index in [1.807, 2.05) is 13.8 Å². The fraction of sp³-hybridized carbons (Fsp3) is 0.571. The maximum atomic E-state index is 10.3. The zero-order valence-corrected chi connectivity index (χ0v) is 7.53. The molecule has 70 valence electrons. The van der Waals surface area contributed by atoms with Crippen molar-refractivity contribution in [2.45, 2.75) is 19.9 Å². The third kappa shape index (κ3) is 3.25. The maximum Gasteiger partial charge on any atom is 0.353 e. The van der Waals surface area contributed by atoms with Crippen LogP contribution in [0.2, 0.25) is 0 Å². The molecule has 0 saturated carbocycles. The first-order chi connectivity index (χ1) is 5.49. The van der Waals surface area contributed by atoms with Gasteiger partial charge < -0.3 is 15.8 Å². The number of nitrogens with two attached hydrogens (primary N) is 1. The van der Waals surface area contributed by atoms with E-state index in [-0.39, 0.29) is 11.7 Å². The van der Waals surface area contributed by atoms with Crippen LogP contribution in [-0.2, 0) is 4.79 Å². The Bertz CT molecular complexity index is 189. The van der Waals surface area contributed by atoms with Gasteiger partial charge in [-0.3, -0.25) is 0 Å². The van der Waals surface area contributed by atoms with Gasteiger partial charge in [-0.15, -0.1) is 0 Å². The number of rotatable bonds is 4. The molecule has 5 heteroatoms. The summed E-state index contributed by atoms with van der Waals surface area (Å²) in [6, 6.07) is 0.160. The normalized spacial score (nSPS) is 11.8. The van der Waals surface area contributed by atoms with E-state index < -0.39 is 5.97 Å². The minimum atomic E-state index is -1.11. The lowest BCUT2D eigenvalue weighted by atomic mass is 10.4. The molecule has 0 aromatic heterocycles. The van der Waals surface area contributed by atoms with E-state index in [9.17, 15) is 4.79 Å². The van der Waals surface area contributed by atoms with E-state index in [1.165, 1.54) is 6.20 Å². The minimum absolute atomic E-state index is 0.160. The molecule has 0 aromatic carbocycles. The Labute approximate surface area is 71.8 Å². The van der Waals surface area contributed by atoms with Gasteiger partial charge in [0.15, 0.2) is 0 Å². The van der Waals surface area contributed by atoms with Gasteiger partial charge in [0.2, 0.25) is 0 Å². The first kappa shape index (κ1) is 10.8. The van der Waals surface area contributed by atoms with Gasteiger partial charge in [0.05, 0.1) is 0 Å². The lowest BCUT2D eigenvalue weighted by Crippen LogP contribution is -2.37. The molecule has 0 rings (SSSR count). The molecule has 0 aromatic rings. The summed E-state index contributed by atoms with van der Waals surface area (Å²) in [4.78, 5) is 10.3. The van der Waals surface area contributed by atoms with Crippen LogP contribution in [0.5, 0.6) is 0 Å². The number of hydrazine groups is 1. The van der Waals surface area contributed by atoms with Gasteiger partial charge in [-0.1, -0.05) is 0 Å². The standard InChI is InChI=1S/C7H15N3O2/c1-5(2)10(9-3)4-6(8)7(11)12/h4-5,9H,8H2,1-3H3,(H,11,12)/b6-4-. The second kappa shape index (κ2) is 4.61. The van der Waals surface area contributed by atoms with Gasteiger partial charge in [0.1, 0.15) is 5.70 Å². The smallest absolute Gasteiger partial charge is 0.353 e. The van der Waals surface area contributed by atoms with Crippen LogP contribution in [0.3, 0.4) is 0 Å². The molecule has 0 aliphatic carbocycles. The second-order valence-corrected chi connectivity index (χ2v) is 2.61. The quantitative estimate of drug-likeness (QED) is 0.402. The number of carbonyl (C=O) groups is 1. The van der Waals surface area contributed by atoms with Crippen molar-refractivity contribution in [1.82, 2.24) is 10.4 Å². The van der Waals surface area contributed by atoms with Crippen LogP contribution in [-0.4, -0.2) is 29.2 Å². The van der Waals surface area contributed by atoms with Crippen LogP contribution in [0.25, 0.3) is 0 Å². The average molecular weight is 173 g/mol. The summed E-state index contributed by atoms with van der Waals surface area (Å²) in [7, 11) is 1.70. The van der Waals surface area contributed by atoms with Crippen molar-refractivity contribution in [3.63, 3.8) is 0 Å². The third-order valence-electron chi connectivity index (χ3n) is 1.34. The molecule has 0 aliphatic heterocycles. The van der Waals surface area contributed by atoms with E-state index >= 15 is 0 Å². The highest BCUT2D eigenvalue weighted by molar-refractivity contribution is 5.85. The SMILES string of the molecule is CNN(/C=C(\N)C(=O)O)C(C)C. The molecular formula is C7H15N3O2. The molecule has 0 saturated heterocycles. The van der Waals surface area contributed by atoms with Gasteiger partial charge >= 0.3 is 5.97 Å². The Kier molecular flexibility index (Phi) is 4.14. The Morgan fingerprint density at radius 3 is 2.42 bits per heavy atom. The molecule has 0 fully saturated rings. The summed E-state index contributed by atoms with van der Waals surface area (Å²) >= 11 is 0. The van der Waals surface area contributed by atoms with E-state index in [4.69, 9.17) is 10.8 Å². The molecule has 0 spiro atoms. The first-order valence-corrected chi connectivity index (χ1v) is 3.65. The van der Waals surface area contributed by atoms with E-state index in [0.717, 1.165) is 0 Å². The molecule has 0 heterocycles. The molecule has 0 radical (unpaired) electrons. The van der Waals surface area contributed by atoms with E-state index in [0.29, 0.717) is 0 Å². The van der Waals surface area contributed by atoms with Crippen molar-refractivity contribution in [2.75, 3.05) is 7.05 Å². The van der Waals surface area contributed by atoms with E-state index in [2.05, 4.69) is 5.43 Å². The Morgan fingerprint density at radius 2 is 2.17 bits per heavy atom. The summed E-state index contributed by atoms with van der Waals surface area (Å²) in [5.74, 6) is -1.11. The van der Waals surface area contributed by atoms with Crippen molar-refractivity contribution in [3.05, 3.63) is 11.9 Å². The Hall–Kier alpha value is -1.23. The molecule has 5 nitrogen and oxygen atoms in total. The van der Waals surface area contributed by atoms with Crippen LogP contribution in [0.4, 0.5) is 0 Å². The molecule has 4 N–H and O–H groups in total. The lowest BCUT2D eigenvalue weighted by Gasteiger charge is -2.23. The zero-order valence-electron chi connectivity index (χ0n) is 7.53. The number of nitrogens with zero attached hydrogens (tertiary/aromatic N) is 1. The monoisotopic (exact) mass is 173 g/mol. The van der Waals surface area contributed by atoms with Crippen molar-refractivity contribution < 1.29 is 9.90 Å². The Balaban J connectivity index is 4.35. The summed E-state index contributed by atoms with van der Waals surface area (Å²) < 4.78 is 0. The lowest BCUT2D eigenvalue weighted by molar-refractivity contribution is -0.132. The fourth-order valence-corrected chi connectivity index (χ4v) is 0.677. The van der Waals surface area contributed by atoms with Gasteiger partial charge in [0, 0.05) is 19.3 Å². The highest BCUT2D eigenvalue weighted by Crippen LogP contribution is 1.95. The predicted molar refractivity (Wildman–Crippen MR) is 45.9 cm³/mol. The molecule has 0 bridgehead atoms. The van der Waals surface area contributed by atoms with Crippen LogP contribution >= 0.6 is 0 Å². The second-order valence-electron chi connectivity index (χ2n) is 2.61. The number of carboxylic acids is 1. The molecule has 0 aliphatic rings. The summed E-state index contributed by atoms with van der Waals surface area (Å²) in [6.07, 6.45) is 1.35. The molecule has 12 heavy (non-hydrogen) atoms. The molecular weight excluding hydrogens is 158 g/mol. The number of nitrogens with one attached hydrogen (secondary N) is 1. The molecule has 0 unspecified atom stereocenters. The zero-order chi connectivity index (χ0) is 9.72. The van der Waals surface area contributed by atoms with Crippen LogP contribution < -0.4 is 11.2 Å². The number of hydrogen-bond acceptors (Lipinski definition) is 4. The topological polar surface area (TPSA) is 78.6 Å². The number of hydrogen-bond donors (Lipinski definition) is 3. The van der Waals surface area contributed by atoms with Crippen LogP contribution in [0.1, 0.15) is 13.8 Å². The van der Waals surface area contributed by atoms with Crippen molar-refractivity contribution in [1.29, 1.82) is 0 Å². The number of aliphatic carboxylic acids is 1. The fourth-order valence-electron chi connectivity index (χ4n) is 0.677. The largest absolute Gasteiger partial charge is 0.477 e. The number of carboxylic acid groups (broad SMARTS) is 1. The maximum absolute atomic E-state index is 10.3. The van der Waals surface area contributed by atoms with Crippen LogP contribution in [0.15, 0.2) is 11.9 Å². The van der Waals surface area contributed by atoms with E-state index in [1.54, 1.807) is 12.1 Å². The van der Waals surface area contributed by atoms with Crippen molar-refractivity contribution >= 4 is 5.97 Å². The van der Waals surface area contributed by atoms with Crippen molar-refractivity contribution in [2.24, 2.45) is 5.73 Å². The third-order valence-corrected chi connectivity index (χ3v) is 1.34. The predicted octanol–water partition coefficient (Wildman–Crippen LogP) is -0.284. The van der Waals surface area contributed by atoms with Crippen LogP contribution in [0, 0.1) is 0 Å². The van der Waals surface area contributed by atoms with Gasteiger partial charge in [-0.05, 0) is 13.8 Å². The summed E-state index contributed by atoms with van der Waals surface area (Å²) in [5.41, 5.74) is 7.83. The molecule has 0 amide bonds. The minimum Gasteiger partial charge on any atom is -0.477 e.